The third kappa shape index (κ3) is 3.90. The van der Waals surface area contributed by atoms with E-state index < -0.39 is 0 Å². The predicted octanol–water partition coefficient (Wildman–Crippen LogP) is 2.79. The molecule has 2 aliphatic heterocycles. The molecule has 0 saturated carbocycles. The van der Waals surface area contributed by atoms with Crippen LogP contribution in [-0.4, -0.2) is 51.8 Å². The van der Waals surface area contributed by atoms with Gasteiger partial charge >= 0.3 is 0 Å². The molecule has 1 amide bonds. The largest absolute Gasteiger partial charge is 0.361 e. The van der Waals surface area contributed by atoms with Gasteiger partial charge < -0.3 is 15.5 Å². The van der Waals surface area contributed by atoms with E-state index in [1.54, 1.807) is 6.20 Å². The number of carbonyl (C=O) groups is 1. The second-order valence-electron chi connectivity index (χ2n) is 8.44. The number of piperidine rings is 1. The molecule has 7 heteroatoms. The number of anilines is 1. The van der Waals surface area contributed by atoms with E-state index in [0.717, 1.165) is 37.6 Å². The summed E-state index contributed by atoms with van der Waals surface area (Å²) in [5.74, 6) is 0.714. The van der Waals surface area contributed by atoms with Crippen molar-refractivity contribution in [2.45, 2.75) is 51.1 Å². The molecule has 2 N–H and O–H groups in total. The highest BCUT2D eigenvalue weighted by Gasteiger charge is 2.37. The molecular formula is C21H30N6O. The number of rotatable bonds is 5. The molecule has 2 aliphatic rings. The van der Waals surface area contributed by atoms with Crippen molar-refractivity contribution in [2.24, 2.45) is 0 Å². The fourth-order valence-corrected chi connectivity index (χ4v) is 4.28. The van der Waals surface area contributed by atoms with Gasteiger partial charge in [0, 0.05) is 19.3 Å². The third-order valence-electron chi connectivity index (χ3n) is 5.81. The van der Waals surface area contributed by atoms with E-state index in [2.05, 4.69) is 39.5 Å². The van der Waals surface area contributed by atoms with Gasteiger partial charge in [0.05, 0.1) is 23.5 Å². The standard InChI is InChI=1S/C21H30N6O/c1-21(2)14-18(17-8-4-5-9-22-17)25-19-16(15-24-27(19)21)20(28)23-10-13-26-11-6-3-7-12-26/h4-5,8-9,15,18,25H,3,6-7,10-14H2,1-2H3,(H,23,28). The van der Waals surface area contributed by atoms with Crippen LogP contribution in [0, 0.1) is 0 Å². The smallest absolute Gasteiger partial charge is 0.256 e. The van der Waals surface area contributed by atoms with Crippen LogP contribution >= 0.6 is 0 Å². The highest BCUT2D eigenvalue weighted by atomic mass is 16.1. The summed E-state index contributed by atoms with van der Waals surface area (Å²) in [4.78, 5) is 19.8. The lowest BCUT2D eigenvalue weighted by atomic mass is 9.91. The van der Waals surface area contributed by atoms with Crippen molar-refractivity contribution in [3.8, 4) is 0 Å². The van der Waals surface area contributed by atoms with Crippen molar-refractivity contribution >= 4 is 11.7 Å². The van der Waals surface area contributed by atoms with Gasteiger partial charge in [0.2, 0.25) is 0 Å². The van der Waals surface area contributed by atoms with Crippen LogP contribution in [0.3, 0.4) is 0 Å². The molecule has 150 valence electrons. The molecule has 7 nitrogen and oxygen atoms in total. The number of hydrogen-bond donors (Lipinski definition) is 2. The van der Waals surface area contributed by atoms with E-state index >= 15 is 0 Å². The number of aromatic nitrogens is 3. The van der Waals surface area contributed by atoms with E-state index in [9.17, 15) is 4.79 Å². The fraction of sp³-hybridized carbons (Fsp3) is 0.571. The average molecular weight is 383 g/mol. The zero-order valence-electron chi connectivity index (χ0n) is 16.8. The van der Waals surface area contributed by atoms with Crippen LogP contribution in [0.5, 0.6) is 0 Å². The Hall–Kier alpha value is -2.41. The van der Waals surface area contributed by atoms with Crippen LogP contribution in [0.2, 0.25) is 0 Å². The van der Waals surface area contributed by atoms with E-state index in [-0.39, 0.29) is 17.5 Å². The second kappa shape index (κ2) is 7.91. The number of likely N-dealkylation sites (tertiary alicyclic amines) is 1. The second-order valence-corrected chi connectivity index (χ2v) is 8.44. The van der Waals surface area contributed by atoms with E-state index in [0.29, 0.717) is 12.1 Å². The first kappa shape index (κ1) is 18.9. The maximum atomic E-state index is 12.8. The van der Waals surface area contributed by atoms with Gasteiger partial charge in [-0.1, -0.05) is 12.5 Å². The summed E-state index contributed by atoms with van der Waals surface area (Å²) in [6.07, 6.45) is 8.20. The third-order valence-corrected chi connectivity index (χ3v) is 5.81. The summed E-state index contributed by atoms with van der Waals surface area (Å²) in [6, 6.07) is 6.00. The topological polar surface area (TPSA) is 75.1 Å². The minimum Gasteiger partial charge on any atom is -0.361 e. The van der Waals surface area contributed by atoms with Crippen LogP contribution in [0.15, 0.2) is 30.6 Å². The van der Waals surface area contributed by atoms with Crippen LogP contribution in [0.1, 0.15) is 61.6 Å². The molecule has 2 aromatic rings. The minimum atomic E-state index is -0.199. The molecule has 0 bridgehead atoms. The SMILES string of the molecule is CC1(C)CC(c2ccccn2)Nc2c(C(=O)NCCN3CCCCC3)cnn21. The Bertz CT molecular complexity index is 810. The normalized spacial score (nSPS) is 21.6. The molecule has 4 heterocycles. The molecule has 0 spiro atoms. The number of amides is 1. The van der Waals surface area contributed by atoms with Gasteiger partial charge in [-0.2, -0.15) is 5.10 Å². The molecule has 4 rings (SSSR count). The van der Waals surface area contributed by atoms with Gasteiger partial charge in [0.25, 0.3) is 5.91 Å². The maximum Gasteiger partial charge on any atom is 0.256 e. The molecule has 28 heavy (non-hydrogen) atoms. The van der Waals surface area contributed by atoms with Crippen LogP contribution in [-0.2, 0) is 5.54 Å². The molecule has 2 aromatic heterocycles. The molecule has 1 atom stereocenters. The first-order chi connectivity index (χ1) is 13.5. The van der Waals surface area contributed by atoms with Crippen molar-refractivity contribution in [2.75, 3.05) is 31.5 Å². The van der Waals surface area contributed by atoms with Crippen molar-refractivity contribution in [3.05, 3.63) is 41.9 Å². The lowest BCUT2D eigenvalue weighted by molar-refractivity contribution is 0.0947. The van der Waals surface area contributed by atoms with Crippen molar-refractivity contribution in [1.82, 2.24) is 25.0 Å². The summed E-state index contributed by atoms with van der Waals surface area (Å²) in [5, 5.41) is 11.1. The number of nitrogens with one attached hydrogen (secondary N) is 2. The number of fused-ring (bicyclic) bond motifs is 1. The Morgan fingerprint density at radius 1 is 1.29 bits per heavy atom. The van der Waals surface area contributed by atoms with Gasteiger partial charge in [-0.15, -0.1) is 0 Å². The molecule has 1 fully saturated rings. The first-order valence-electron chi connectivity index (χ1n) is 10.3. The summed E-state index contributed by atoms with van der Waals surface area (Å²) < 4.78 is 1.94. The monoisotopic (exact) mass is 382 g/mol. The minimum absolute atomic E-state index is 0.0558. The van der Waals surface area contributed by atoms with Crippen molar-refractivity contribution < 1.29 is 4.79 Å². The fourth-order valence-electron chi connectivity index (χ4n) is 4.28. The first-order valence-corrected chi connectivity index (χ1v) is 10.3. The molecule has 1 saturated heterocycles. The number of hydrogen-bond acceptors (Lipinski definition) is 5. The molecule has 0 radical (unpaired) electrons. The quantitative estimate of drug-likeness (QED) is 0.832. The van der Waals surface area contributed by atoms with E-state index in [1.165, 1.54) is 19.3 Å². The summed E-state index contributed by atoms with van der Waals surface area (Å²) in [7, 11) is 0. The molecule has 1 unspecified atom stereocenters. The van der Waals surface area contributed by atoms with Gasteiger partial charge in [-0.3, -0.25) is 9.78 Å². The molecule has 0 aromatic carbocycles. The van der Waals surface area contributed by atoms with E-state index in [1.807, 2.05) is 29.1 Å². The Morgan fingerprint density at radius 3 is 2.86 bits per heavy atom. The predicted molar refractivity (Wildman–Crippen MR) is 109 cm³/mol. The van der Waals surface area contributed by atoms with E-state index in [4.69, 9.17) is 0 Å². The summed E-state index contributed by atoms with van der Waals surface area (Å²) >= 11 is 0. The van der Waals surface area contributed by atoms with Crippen LogP contribution in [0.25, 0.3) is 0 Å². The highest BCUT2D eigenvalue weighted by molar-refractivity contribution is 5.98. The zero-order chi connectivity index (χ0) is 19.6. The molecule has 0 aliphatic carbocycles. The average Bonchev–Trinajstić information content (AvgIpc) is 3.14. The number of pyridine rings is 1. The van der Waals surface area contributed by atoms with Crippen LogP contribution in [0.4, 0.5) is 5.82 Å². The van der Waals surface area contributed by atoms with Gasteiger partial charge in [-0.25, -0.2) is 4.68 Å². The van der Waals surface area contributed by atoms with Gasteiger partial charge in [0.1, 0.15) is 11.4 Å². The highest BCUT2D eigenvalue weighted by Crippen LogP contribution is 2.39. The Labute approximate surface area is 166 Å². The Balaban J connectivity index is 1.46. The Morgan fingerprint density at radius 2 is 2.11 bits per heavy atom. The molecular weight excluding hydrogens is 352 g/mol. The van der Waals surface area contributed by atoms with Gasteiger partial charge in [0.15, 0.2) is 0 Å². The lowest BCUT2D eigenvalue weighted by Gasteiger charge is -2.37. The number of nitrogens with zero attached hydrogens (tertiary/aromatic N) is 4. The van der Waals surface area contributed by atoms with Gasteiger partial charge in [-0.05, 0) is 58.3 Å². The van der Waals surface area contributed by atoms with Crippen molar-refractivity contribution in [3.63, 3.8) is 0 Å². The van der Waals surface area contributed by atoms with Crippen LogP contribution < -0.4 is 10.6 Å². The summed E-state index contributed by atoms with van der Waals surface area (Å²) in [5.41, 5.74) is 1.39. The lowest BCUT2D eigenvalue weighted by Crippen LogP contribution is -2.39. The van der Waals surface area contributed by atoms with Crippen molar-refractivity contribution in [1.29, 1.82) is 0 Å². The zero-order valence-corrected chi connectivity index (χ0v) is 16.8. The maximum absolute atomic E-state index is 12.8. The summed E-state index contributed by atoms with van der Waals surface area (Å²) in [6.45, 7) is 8.15. The Kier molecular flexibility index (Phi) is 5.35. The number of carbonyl (C=O) groups excluding carboxylic acids is 1.